The lowest BCUT2D eigenvalue weighted by Gasteiger charge is -2.12. The van der Waals surface area contributed by atoms with Gasteiger partial charge in [-0.25, -0.2) is 4.98 Å². The number of pyridine rings is 1. The van der Waals surface area contributed by atoms with Crippen LogP contribution in [0.2, 0.25) is 0 Å². The summed E-state index contributed by atoms with van der Waals surface area (Å²) in [5, 5.41) is 2.54. The third-order valence-corrected chi connectivity index (χ3v) is 3.00. The van der Waals surface area contributed by atoms with Gasteiger partial charge in [0.15, 0.2) is 6.61 Å². The van der Waals surface area contributed by atoms with Crippen molar-refractivity contribution in [3.63, 3.8) is 0 Å². The molecular formula is C12H16F3N3O2S. The number of nitrogens with zero attached hydrogens (tertiary/aromatic N) is 1. The van der Waals surface area contributed by atoms with Crippen molar-refractivity contribution in [2.75, 3.05) is 23.9 Å². The molecule has 0 bridgehead atoms. The lowest BCUT2D eigenvalue weighted by molar-refractivity contribution is -0.154. The number of ether oxygens (including phenoxy) is 1. The number of aromatic nitrogens is 1. The standard InChI is InChI=1S/C12H16F3N3O2S/c1-21-5-4-9(16)11(19)18-8-2-3-10(17-6-8)20-7-12(13,14)15/h2-3,6,9H,4-5,7,16H2,1H3,(H,18,19)/t9-/m0/s1. The molecule has 1 atom stereocenters. The van der Waals surface area contributed by atoms with Crippen LogP contribution in [0.4, 0.5) is 18.9 Å². The number of hydrogen-bond acceptors (Lipinski definition) is 5. The van der Waals surface area contributed by atoms with Crippen LogP contribution in [0.1, 0.15) is 6.42 Å². The minimum absolute atomic E-state index is 0.169. The molecule has 0 aliphatic heterocycles. The molecular weight excluding hydrogens is 307 g/mol. The van der Waals surface area contributed by atoms with E-state index in [4.69, 9.17) is 5.73 Å². The number of rotatable bonds is 7. The molecule has 1 heterocycles. The molecule has 5 nitrogen and oxygen atoms in total. The minimum atomic E-state index is -4.42. The van der Waals surface area contributed by atoms with E-state index in [9.17, 15) is 18.0 Å². The summed E-state index contributed by atoms with van der Waals surface area (Å²) in [4.78, 5) is 15.4. The first-order valence-corrected chi connectivity index (χ1v) is 7.42. The second-order valence-electron chi connectivity index (χ2n) is 4.17. The Morgan fingerprint density at radius 3 is 2.76 bits per heavy atom. The monoisotopic (exact) mass is 323 g/mol. The zero-order valence-corrected chi connectivity index (χ0v) is 12.1. The number of carbonyl (C=O) groups excluding carboxylic acids is 1. The van der Waals surface area contributed by atoms with Crippen LogP contribution in [0.25, 0.3) is 0 Å². The fraction of sp³-hybridized carbons (Fsp3) is 0.500. The quantitative estimate of drug-likeness (QED) is 0.803. The number of halogens is 3. The van der Waals surface area contributed by atoms with Crippen molar-refractivity contribution in [2.24, 2.45) is 5.73 Å². The van der Waals surface area contributed by atoms with E-state index in [0.29, 0.717) is 12.1 Å². The molecule has 0 aliphatic rings. The van der Waals surface area contributed by atoms with Crippen molar-refractivity contribution >= 4 is 23.4 Å². The van der Waals surface area contributed by atoms with E-state index in [0.717, 1.165) is 5.75 Å². The van der Waals surface area contributed by atoms with Gasteiger partial charge in [-0.1, -0.05) is 0 Å². The number of nitrogens with two attached hydrogens (primary N) is 1. The first-order valence-electron chi connectivity index (χ1n) is 6.03. The molecule has 0 aromatic carbocycles. The van der Waals surface area contributed by atoms with Crippen molar-refractivity contribution in [3.05, 3.63) is 18.3 Å². The second kappa shape index (κ2) is 8.08. The summed E-state index contributed by atoms with van der Waals surface area (Å²) in [6.45, 7) is -1.41. The summed E-state index contributed by atoms with van der Waals surface area (Å²) in [5.74, 6) is 0.226. The first kappa shape index (κ1) is 17.6. The summed E-state index contributed by atoms with van der Waals surface area (Å²) in [6, 6.07) is 2.01. The Hall–Kier alpha value is -1.48. The molecule has 0 fully saturated rings. The second-order valence-corrected chi connectivity index (χ2v) is 5.15. The van der Waals surface area contributed by atoms with Crippen molar-refractivity contribution in [1.82, 2.24) is 4.98 Å². The third-order valence-electron chi connectivity index (χ3n) is 2.36. The van der Waals surface area contributed by atoms with Crippen LogP contribution in [-0.4, -0.2) is 41.7 Å². The number of amides is 1. The van der Waals surface area contributed by atoms with Crippen molar-refractivity contribution in [1.29, 1.82) is 0 Å². The summed E-state index contributed by atoms with van der Waals surface area (Å²) in [7, 11) is 0. The summed E-state index contributed by atoms with van der Waals surface area (Å²) >= 11 is 1.58. The van der Waals surface area contributed by atoms with Crippen LogP contribution >= 0.6 is 11.8 Å². The summed E-state index contributed by atoms with van der Waals surface area (Å²) < 4.78 is 40.3. The van der Waals surface area contributed by atoms with Crippen molar-refractivity contribution in [3.8, 4) is 5.88 Å². The molecule has 1 aromatic rings. The predicted octanol–water partition coefficient (Wildman–Crippen LogP) is 2.04. The molecule has 0 radical (unpaired) electrons. The smallest absolute Gasteiger partial charge is 0.422 e. The minimum Gasteiger partial charge on any atom is -0.468 e. The number of nitrogens with one attached hydrogen (secondary N) is 1. The molecule has 0 saturated carbocycles. The summed E-state index contributed by atoms with van der Waals surface area (Å²) in [6.07, 6.45) is -0.759. The molecule has 1 aromatic heterocycles. The van der Waals surface area contributed by atoms with Crippen LogP contribution in [0.3, 0.4) is 0 Å². The van der Waals surface area contributed by atoms with Gasteiger partial charge in [0.05, 0.1) is 17.9 Å². The van der Waals surface area contributed by atoms with Crippen LogP contribution in [0.15, 0.2) is 18.3 Å². The zero-order valence-electron chi connectivity index (χ0n) is 11.3. The van der Waals surface area contributed by atoms with E-state index in [2.05, 4.69) is 15.0 Å². The van der Waals surface area contributed by atoms with Crippen LogP contribution < -0.4 is 15.8 Å². The highest BCUT2D eigenvalue weighted by Crippen LogP contribution is 2.18. The van der Waals surface area contributed by atoms with Gasteiger partial charge < -0.3 is 15.8 Å². The Balaban J connectivity index is 2.49. The SMILES string of the molecule is CSCC[C@H](N)C(=O)Nc1ccc(OCC(F)(F)F)nc1. The number of carbonyl (C=O) groups is 1. The fourth-order valence-corrected chi connectivity index (χ4v) is 1.80. The van der Waals surface area contributed by atoms with Crippen molar-refractivity contribution < 1.29 is 22.7 Å². The van der Waals surface area contributed by atoms with E-state index in [1.54, 1.807) is 11.8 Å². The molecule has 0 saturated heterocycles. The Bertz CT molecular complexity index is 454. The number of thioether (sulfide) groups is 1. The van der Waals surface area contributed by atoms with Gasteiger partial charge in [0.25, 0.3) is 0 Å². The van der Waals surface area contributed by atoms with E-state index < -0.39 is 18.8 Å². The average Bonchev–Trinajstić information content (AvgIpc) is 2.43. The predicted molar refractivity (Wildman–Crippen MR) is 75.4 cm³/mol. The topological polar surface area (TPSA) is 77.2 Å². The zero-order chi connectivity index (χ0) is 15.9. The molecule has 0 spiro atoms. The Morgan fingerprint density at radius 2 is 2.24 bits per heavy atom. The van der Waals surface area contributed by atoms with E-state index in [1.165, 1.54) is 18.3 Å². The Kier molecular flexibility index (Phi) is 6.76. The number of anilines is 1. The first-order chi connectivity index (χ1) is 9.81. The van der Waals surface area contributed by atoms with Gasteiger partial charge in [0.1, 0.15) is 0 Å². The molecule has 118 valence electrons. The Morgan fingerprint density at radius 1 is 1.52 bits per heavy atom. The maximum atomic E-state index is 12.0. The van der Waals surface area contributed by atoms with Crippen molar-refractivity contribution in [2.45, 2.75) is 18.6 Å². The van der Waals surface area contributed by atoms with Gasteiger partial charge >= 0.3 is 6.18 Å². The van der Waals surface area contributed by atoms with Crippen LogP contribution in [0, 0.1) is 0 Å². The van der Waals surface area contributed by atoms with Gasteiger partial charge in [-0.15, -0.1) is 0 Å². The number of hydrogen-bond donors (Lipinski definition) is 2. The largest absolute Gasteiger partial charge is 0.468 e. The maximum Gasteiger partial charge on any atom is 0.422 e. The van der Waals surface area contributed by atoms with Gasteiger partial charge in [-0.3, -0.25) is 4.79 Å². The van der Waals surface area contributed by atoms with Gasteiger partial charge in [0, 0.05) is 6.07 Å². The molecule has 9 heteroatoms. The molecule has 3 N–H and O–H groups in total. The lowest BCUT2D eigenvalue weighted by Crippen LogP contribution is -2.36. The number of alkyl halides is 3. The third kappa shape index (κ3) is 7.19. The highest BCUT2D eigenvalue weighted by atomic mass is 32.2. The van der Waals surface area contributed by atoms with E-state index in [-0.39, 0.29) is 11.8 Å². The van der Waals surface area contributed by atoms with E-state index >= 15 is 0 Å². The van der Waals surface area contributed by atoms with Crippen LogP contribution in [0.5, 0.6) is 5.88 Å². The van der Waals surface area contributed by atoms with E-state index in [1.807, 2.05) is 6.26 Å². The Labute approximate surface area is 124 Å². The average molecular weight is 323 g/mol. The molecule has 1 rings (SSSR count). The van der Waals surface area contributed by atoms with Gasteiger partial charge in [-0.05, 0) is 24.5 Å². The molecule has 1 amide bonds. The molecule has 0 aliphatic carbocycles. The lowest BCUT2D eigenvalue weighted by atomic mass is 10.2. The van der Waals surface area contributed by atoms with Gasteiger partial charge in [0.2, 0.25) is 11.8 Å². The summed E-state index contributed by atoms with van der Waals surface area (Å²) in [5.41, 5.74) is 6.03. The van der Waals surface area contributed by atoms with Gasteiger partial charge in [-0.2, -0.15) is 24.9 Å². The fourth-order valence-electron chi connectivity index (χ4n) is 1.31. The maximum absolute atomic E-state index is 12.0. The molecule has 0 unspecified atom stereocenters. The molecule has 21 heavy (non-hydrogen) atoms. The highest BCUT2D eigenvalue weighted by Gasteiger charge is 2.28. The van der Waals surface area contributed by atoms with Crippen LogP contribution in [-0.2, 0) is 4.79 Å². The normalized spacial score (nSPS) is 12.8. The highest BCUT2D eigenvalue weighted by molar-refractivity contribution is 7.98.